The summed E-state index contributed by atoms with van der Waals surface area (Å²) in [6.07, 6.45) is 6.33. The molecular weight excluding hydrogens is 274 g/mol. The van der Waals surface area contributed by atoms with E-state index in [9.17, 15) is 0 Å². The van der Waals surface area contributed by atoms with Crippen LogP contribution >= 0.6 is 0 Å². The lowest BCUT2D eigenvalue weighted by molar-refractivity contribution is -0.0491. The number of nitrogens with two attached hydrogens (primary N) is 1. The third-order valence-electron chi connectivity index (χ3n) is 4.46. The van der Waals surface area contributed by atoms with Crippen molar-refractivity contribution in [3.63, 3.8) is 0 Å². The van der Waals surface area contributed by atoms with Crippen molar-refractivity contribution in [1.29, 1.82) is 0 Å². The lowest BCUT2D eigenvalue weighted by Gasteiger charge is -2.33. The van der Waals surface area contributed by atoms with Gasteiger partial charge in [-0.2, -0.15) is 0 Å². The summed E-state index contributed by atoms with van der Waals surface area (Å²) in [5, 5.41) is 3.32. The number of hydrogen-bond donors (Lipinski definition) is 2. The molecule has 0 aromatic rings. The summed E-state index contributed by atoms with van der Waals surface area (Å²) in [6, 6.07) is 0.394. The largest absolute Gasteiger partial charge is 0.378 e. The minimum absolute atomic E-state index is 0.328. The molecule has 4 heteroatoms. The zero-order valence-corrected chi connectivity index (χ0v) is 15.3. The van der Waals surface area contributed by atoms with Gasteiger partial charge in [-0.3, -0.25) is 4.99 Å². The molecule has 1 aliphatic heterocycles. The molecule has 0 aromatic carbocycles. The molecule has 1 aliphatic rings. The van der Waals surface area contributed by atoms with Gasteiger partial charge in [0.05, 0.1) is 6.10 Å². The van der Waals surface area contributed by atoms with Crippen molar-refractivity contribution in [1.82, 2.24) is 5.32 Å². The summed E-state index contributed by atoms with van der Waals surface area (Å²) in [5.74, 6) is 2.41. The first-order valence-electron chi connectivity index (χ1n) is 9.08. The Labute approximate surface area is 137 Å². The van der Waals surface area contributed by atoms with Gasteiger partial charge in [-0.1, -0.05) is 40.5 Å². The summed E-state index contributed by atoms with van der Waals surface area (Å²) in [4.78, 5) is 4.57. The summed E-state index contributed by atoms with van der Waals surface area (Å²) in [7, 11) is 0. The zero-order chi connectivity index (χ0) is 16.5. The molecule has 3 N–H and O–H groups in total. The average molecular weight is 312 g/mol. The van der Waals surface area contributed by atoms with Crippen molar-refractivity contribution < 1.29 is 4.74 Å². The molecule has 0 radical (unpaired) electrons. The van der Waals surface area contributed by atoms with E-state index >= 15 is 0 Å². The van der Waals surface area contributed by atoms with Crippen LogP contribution in [-0.2, 0) is 4.74 Å². The van der Waals surface area contributed by atoms with Crippen LogP contribution in [0.4, 0.5) is 0 Å². The monoisotopic (exact) mass is 311 g/mol. The molecule has 3 atom stereocenters. The molecule has 0 amide bonds. The van der Waals surface area contributed by atoms with Gasteiger partial charge in [0.25, 0.3) is 0 Å². The highest BCUT2D eigenvalue weighted by Crippen LogP contribution is 2.26. The highest BCUT2D eigenvalue weighted by Gasteiger charge is 2.28. The normalized spacial score (nSPS) is 24.8. The average Bonchev–Trinajstić information content (AvgIpc) is 2.44. The molecule has 22 heavy (non-hydrogen) atoms. The first-order valence-corrected chi connectivity index (χ1v) is 9.08. The Balaban J connectivity index is 2.34. The minimum Gasteiger partial charge on any atom is -0.378 e. The summed E-state index contributed by atoms with van der Waals surface area (Å²) in [6.45, 7) is 12.8. The topological polar surface area (TPSA) is 59.6 Å². The predicted octanol–water partition coefficient (Wildman–Crippen LogP) is 3.56. The standard InChI is InChI=1S/C18H37N3O/c1-13(2)8-6-9-15(5)21-18(19)20-12-16-10-7-11-22-17(16)14(3)4/h13-17H,6-12H2,1-5H3,(H3,19,20,21). The maximum absolute atomic E-state index is 6.04. The van der Waals surface area contributed by atoms with Crippen LogP contribution in [0.3, 0.4) is 0 Å². The minimum atomic E-state index is 0.328. The highest BCUT2D eigenvalue weighted by atomic mass is 16.5. The first-order chi connectivity index (χ1) is 10.4. The van der Waals surface area contributed by atoms with Crippen LogP contribution in [0, 0.1) is 17.8 Å². The maximum atomic E-state index is 6.04. The van der Waals surface area contributed by atoms with Gasteiger partial charge >= 0.3 is 0 Å². The van der Waals surface area contributed by atoms with E-state index in [2.05, 4.69) is 44.9 Å². The molecule has 3 unspecified atom stereocenters. The van der Waals surface area contributed by atoms with Crippen molar-refractivity contribution in [3.8, 4) is 0 Å². The van der Waals surface area contributed by atoms with Gasteiger partial charge in [-0.15, -0.1) is 0 Å². The molecule has 0 aromatic heterocycles. The van der Waals surface area contributed by atoms with Crippen LogP contribution in [0.15, 0.2) is 4.99 Å². The van der Waals surface area contributed by atoms with Crippen LogP contribution in [0.25, 0.3) is 0 Å². The lowest BCUT2D eigenvalue weighted by Crippen LogP contribution is -2.40. The number of nitrogens with zero attached hydrogens (tertiary/aromatic N) is 1. The Morgan fingerprint density at radius 3 is 2.59 bits per heavy atom. The molecule has 0 saturated carbocycles. The van der Waals surface area contributed by atoms with E-state index in [0.29, 0.717) is 29.9 Å². The molecule has 130 valence electrons. The van der Waals surface area contributed by atoms with Gasteiger partial charge in [-0.05, 0) is 38.0 Å². The second-order valence-corrected chi connectivity index (χ2v) is 7.58. The van der Waals surface area contributed by atoms with Crippen LogP contribution in [0.1, 0.15) is 66.7 Å². The van der Waals surface area contributed by atoms with E-state index in [0.717, 1.165) is 31.9 Å². The zero-order valence-electron chi connectivity index (χ0n) is 15.3. The number of hydrogen-bond acceptors (Lipinski definition) is 2. The predicted molar refractivity (Wildman–Crippen MR) is 95.1 cm³/mol. The van der Waals surface area contributed by atoms with E-state index < -0.39 is 0 Å². The van der Waals surface area contributed by atoms with Crippen molar-refractivity contribution >= 4 is 5.96 Å². The lowest BCUT2D eigenvalue weighted by atomic mass is 9.87. The number of rotatable bonds is 8. The summed E-state index contributed by atoms with van der Waals surface area (Å²) in [5.41, 5.74) is 6.04. The van der Waals surface area contributed by atoms with E-state index in [4.69, 9.17) is 10.5 Å². The summed E-state index contributed by atoms with van der Waals surface area (Å²) < 4.78 is 5.91. The number of ether oxygens (including phenoxy) is 1. The number of nitrogens with one attached hydrogen (secondary N) is 1. The van der Waals surface area contributed by atoms with E-state index in [1.807, 2.05) is 0 Å². The maximum Gasteiger partial charge on any atom is 0.188 e. The number of aliphatic imine (C=N–C) groups is 1. The summed E-state index contributed by atoms with van der Waals surface area (Å²) >= 11 is 0. The van der Waals surface area contributed by atoms with Gasteiger partial charge in [0.2, 0.25) is 0 Å². The van der Waals surface area contributed by atoms with Crippen LogP contribution in [0.2, 0.25) is 0 Å². The smallest absolute Gasteiger partial charge is 0.188 e. The molecule has 1 rings (SSSR count). The fourth-order valence-electron chi connectivity index (χ4n) is 3.22. The van der Waals surface area contributed by atoms with Crippen molar-refractivity contribution in [3.05, 3.63) is 0 Å². The number of guanidine groups is 1. The molecule has 1 fully saturated rings. The van der Waals surface area contributed by atoms with Gasteiger partial charge in [0.1, 0.15) is 0 Å². The molecule has 0 aliphatic carbocycles. The van der Waals surface area contributed by atoms with Crippen LogP contribution in [0.5, 0.6) is 0 Å². The van der Waals surface area contributed by atoms with E-state index in [1.165, 1.54) is 19.3 Å². The quantitative estimate of drug-likeness (QED) is 0.532. The van der Waals surface area contributed by atoms with Gasteiger partial charge in [0, 0.05) is 25.1 Å². The third kappa shape index (κ3) is 7.48. The van der Waals surface area contributed by atoms with Crippen molar-refractivity contribution in [2.24, 2.45) is 28.5 Å². The first kappa shape index (κ1) is 19.3. The van der Waals surface area contributed by atoms with Gasteiger partial charge in [-0.25, -0.2) is 0 Å². The van der Waals surface area contributed by atoms with Crippen molar-refractivity contribution in [2.45, 2.75) is 78.9 Å². The Bertz CT molecular complexity index is 328. The fourth-order valence-corrected chi connectivity index (χ4v) is 3.22. The second kappa shape index (κ2) is 10.1. The molecule has 4 nitrogen and oxygen atoms in total. The third-order valence-corrected chi connectivity index (χ3v) is 4.46. The Morgan fingerprint density at radius 2 is 1.95 bits per heavy atom. The van der Waals surface area contributed by atoms with Crippen LogP contribution in [-0.4, -0.2) is 31.3 Å². The molecule has 0 spiro atoms. The molecule has 0 bridgehead atoms. The molecular formula is C18H37N3O. The van der Waals surface area contributed by atoms with Gasteiger partial charge < -0.3 is 15.8 Å². The second-order valence-electron chi connectivity index (χ2n) is 7.58. The Morgan fingerprint density at radius 1 is 1.23 bits per heavy atom. The molecule has 1 saturated heterocycles. The Kier molecular flexibility index (Phi) is 8.84. The Hall–Kier alpha value is -0.770. The fraction of sp³-hybridized carbons (Fsp3) is 0.944. The van der Waals surface area contributed by atoms with E-state index in [1.54, 1.807) is 0 Å². The van der Waals surface area contributed by atoms with Crippen LogP contribution < -0.4 is 11.1 Å². The van der Waals surface area contributed by atoms with Crippen molar-refractivity contribution in [2.75, 3.05) is 13.2 Å². The molecule has 1 heterocycles. The van der Waals surface area contributed by atoms with Gasteiger partial charge in [0.15, 0.2) is 5.96 Å². The highest BCUT2D eigenvalue weighted by molar-refractivity contribution is 5.78. The SMILES string of the molecule is CC(C)CCCC(C)NC(N)=NCC1CCCOC1C(C)C. The van der Waals surface area contributed by atoms with E-state index in [-0.39, 0.29) is 0 Å².